The van der Waals surface area contributed by atoms with E-state index in [-0.39, 0.29) is 5.69 Å². The first-order chi connectivity index (χ1) is 11.9. The predicted molar refractivity (Wildman–Crippen MR) is 95.7 cm³/mol. The molecule has 0 aliphatic carbocycles. The Hall–Kier alpha value is -3.07. The maximum absolute atomic E-state index is 11.0. The van der Waals surface area contributed by atoms with Gasteiger partial charge in [0.1, 0.15) is 6.04 Å². The highest BCUT2D eigenvalue weighted by Crippen LogP contribution is 2.30. The van der Waals surface area contributed by atoms with Crippen molar-refractivity contribution in [3.8, 4) is 0 Å². The normalized spacial score (nSPS) is 12.0. The molecule has 8 nitrogen and oxygen atoms in total. The quantitative estimate of drug-likeness (QED) is 0.527. The van der Waals surface area contributed by atoms with Crippen molar-refractivity contribution in [2.75, 3.05) is 11.9 Å². The Morgan fingerprint density at radius 2 is 2.00 bits per heavy atom. The lowest BCUT2D eigenvalue weighted by atomic mass is 10.1. The highest BCUT2D eigenvalue weighted by atomic mass is 32.1. The van der Waals surface area contributed by atoms with Gasteiger partial charge in [0.15, 0.2) is 5.13 Å². The lowest BCUT2D eigenvalue weighted by molar-refractivity contribution is -0.482. The van der Waals surface area contributed by atoms with E-state index in [0.29, 0.717) is 10.7 Å². The molecular formula is C16H14N4O4S. The van der Waals surface area contributed by atoms with E-state index in [0.717, 1.165) is 15.8 Å². The summed E-state index contributed by atoms with van der Waals surface area (Å²) in [5.74, 6) is 0. The van der Waals surface area contributed by atoms with Crippen LogP contribution in [0.3, 0.4) is 0 Å². The summed E-state index contributed by atoms with van der Waals surface area (Å²) in [5, 5.41) is 25.6. The van der Waals surface area contributed by atoms with Crippen LogP contribution in [0.4, 0.5) is 10.8 Å². The first-order valence-electron chi connectivity index (χ1n) is 7.42. The Bertz CT molecular complexity index is 956. The number of hydrogen-bond acceptors (Lipinski definition) is 7. The lowest BCUT2D eigenvalue weighted by Crippen LogP contribution is -2.20. The number of aromatic nitrogens is 1. The summed E-state index contributed by atoms with van der Waals surface area (Å²) in [6.07, 6.45) is 0. The zero-order valence-corrected chi connectivity index (χ0v) is 14.0. The van der Waals surface area contributed by atoms with Crippen molar-refractivity contribution in [3.05, 3.63) is 73.8 Å². The molecule has 0 saturated heterocycles. The van der Waals surface area contributed by atoms with Crippen LogP contribution in [-0.4, -0.2) is 21.4 Å². The Morgan fingerprint density at radius 3 is 2.72 bits per heavy atom. The van der Waals surface area contributed by atoms with E-state index in [1.807, 2.05) is 25.1 Å². The molecule has 1 heterocycles. The molecule has 1 atom stereocenters. The zero-order chi connectivity index (χ0) is 18.0. The van der Waals surface area contributed by atoms with E-state index >= 15 is 0 Å². The molecular weight excluding hydrogens is 344 g/mol. The number of fused-ring (bicyclic) bond motifs is 1. The monoisotopic (exact) mass is 358 g/mol. The lowest BCUT2D eigenvalue weighted by Gasteiger charge is -2.14. The van der Waals surface area contributed by atoms with Crippen molar-refractivity contribution < 1.29 is 9.85 Å². The fraction of sp³-hybridized carbons (Fsp3) is 0.188. The van der Waals surface area contributed by atoms with E-state index in [2.05, 4.69) is 10.3 Å². The minimum Gasteiger partial charge on any atom is -0.348 e. The fourth-order valence-electron chi connectivity index (χ4n) is 2.48. The number of non-ortho nitro benzene ring substituents is 1. The van der Waals surface area contributed by atoms with Gasteiger partial charge in [0.25, 0.3) is 5.69 Å². The molecule has 0 spiro atoms. The van der Waals surface area contributed by atoms with Gasteiger partial charge in [-0.25, -0.2) is 4.98 Å². The Morgan fingerprint density at radius 1 is 1.20 bits per heavy atom. The van der Waals surface area contributed by atoms with Gasteiger partial charge in [-0.2, -0.15) is 0 Å². The van der Waals surface area contributed by atoms with E-state index in [1.54, 1.807) is 6.07 Å². The second-order valence-electron chi connectivity index (χ2n) is 5.55. The van der Waals surface area contributed by atoms with Gasteiger partial charge in [0.2, 0.25) is 6.54 Å². The number of aryl methyl sites for hydroxylation is 1. The average molecular weight is 358 g/mol. The maximum atomic E-state index is 11.0. The smallest absolute Gasteiger partial charge is 0.269 e. The molecule has 0 fully saturated rings. The summed E-state index contributed by atoms with van der Waals surface area (Å²) in [4.78, 5) is 25.4. The van der Waals surface area contributed by atoms with Crippen LogP contribution in [0.15, 0.2) is 42.5 Å². The molecule has 0 amide bonds. The van der Waals surface area contributed by atoms with Crippen LogP contribution in [0.5, 0.6) is 0 Å². The summed E-state index contributed by atoms with van der Waals surface area (Å²) in [5.41, 5.74) is 2.27. The molecule has 3 aromatic rings. The third-order valence-corrected chi connectivity index (χ3v) is 4.61. The second kappa shape index (κ2) is 6.81. The molecule has 0 bridgehead atoms. The van der Waals surface area contributed by atoms with Crippen molar-refractivity contribution in [2.24, 2.45) is 0 Å². The third kappa shape index (κ3) is 3.89. The number of nitro benzene ring substituents is 1. The van der Waals surface area contributed by atoms with Crippen LogP contribution in [0.2, 0.25) is 0 Å². The first-order valence-corrected chi connectivity index (χ1v) is 8.24. The van der Waals surface area contributed by atoms with Gasteiger partial charge in [0, 0.05) is 17.1 Å². The van der Waals surface area contributed by atoms with Crippen molar-refractivity contribution in [1.82, 2.24) is 4.98 Å². The van der Waals surface area contributed by atoms with Crippen LogP contribution in [0.1, 0.15) is 17.2 Å². The summed E-state index contributed by atoms with van der Waals surface area (Å²) in [6, 6.07) is 11.0. The Labute approximate surface area is 146 Å². The molecule has 3 rings (SSSR count). The van der Waals surface area contributed by atoms with Gasteiger partial charge < -0.3 is 5.32 Å². The third-order valence-electron chi connectivity index (χ3n) is 3.66. The maximum Gasteiger partial charge on any atom is 0.269 e. The molecule has 128 valence electrons. The summed E-state index contributed by atoms with van der Waals surface area (Å²) in [6.45, 7) is 1.57. The van der Waals surface area contributed by atoms with Crippen LogP contribution in [0.25, 0.3) is 10.2 Å². The fourth-order valence-corrected chi connectivity index (χ4v) is 3.50. The van der Waals surface area contributed by atoms with Gasteiger partial charge >= 0.3 is 0 Å². The number of nitrogens with zero attached hydrogens (tertiary/aromatic N) is 3. The van der Waals surface area contributed by atoms with E-state index in [9.17, 15) is 20.2 Å². The molecule has 9 heteroatoms. The highest BCUT2D eigenvalue weighted by molar-refractivity contribution is 7.22. The largest absolute Gasteiger partial charge is 0.348 e. The SMILES string of the molecule is Cc1ccc2nc(N[C@H](C[N+](=O)[O-])c3cccc([N+](=O)[O-])c3)sc2c1. The van der Waals surface area contributed by atoms with Crippen molar-refractivity contribution in [1.29, 1.82) is 0 Å². The molecule has 0 aliphatic rings. The number of hydrogen-bond donors (Lipinski definition) is 1. The molecule has 1 N–H and O–H groups in total. The summed E-state index contributed by atoms with van der Waals surface area (Å²) in [7, 11) is 0. The molecule has 0 saturated carbocycles. The van der Waals surface area contributed by atoms with Gasteiger partial charge in [-0.05, 0) is 30.2 Å². The van der Waals surface area contributed by atoms with Gasteiger partial charge in [0.05, 0.1) is 15.1 Å². The molecule has 1 aromatic heterocycles. The van der Waals surface area contributed by atoms with E-state index < -0.39 is 22.4 Å². The van der Waals surface area contributed by atoms with Gasteiger partial charge in [-0.1, -0.05) is 29.5 Å². The number of benzene rings is 2. The van der Waals surface area contributed by atoms with Crippen molar-refractivity contribution in [2.45, 2.75) is 13.0 Å². The second-order valence-corrected chi connectivity index (χ2v) is 6.59. The van der Waals surface area contributed by atoms with Crippen molar-refractivity contribution >= 4 is 32.4 Å². The minimum absolute atomic E-state index is 0.104. The topological polar surface area (TPSA) is 111 Å². The van der Waals surface area contributed by atoms with Gasteiger partial charge in [-0.3, -0.25) is 20.2 Å². The summed E-state index contributed by atoms with van der Waals surface area (Å²) < 4.78 is 0.974. The standard InChI is InChI=1S/C16H14N4O4S/c1-10-5-6-13-15(7-10)25-16(17-13)18-14(9-19(21)22)11-3-2-4-12(8-11)20(23)24/h2-8,14H,9H2,1H3,(H,17,18)/t14-/m1/s1. The van der Waals surface area contributed by atoms with Crippen LogP contribution >= 0.6 is 11.3 Å². The molecule has 0 radical (unpaired) electrons. The first kappa shape index (κ1) is 16.8. The Kier molecular flexibility index (Phi) is 4.57. The Balaban J connectivity index is 1.93. The van der Waals surface area contributed by atoms with Gasteiger partial charge in [-0.15, -0.1) is 0 Å². The summed E-state index contributed by atoms with van der Waals surface area (Å²) >= 11 is 1.39. The van der Waals surface area contributed by atoms with E-state index in [1.165, 1.54) is 29.5 Å². The molecule has 0 aliphatic heterocycles. The zero-order valence-electron chi connectivity index (χ0n) is 13.2. The average Bonchev–Trinajstić information content (AvgIpc) is 2.95. The number of nitro groups is 2. The van der Waals surface area contributed by atoms with E-state index in [4.69, 9.17) is 0 Å². The molecule has 25 heavy (non-hydrogen) atoms. The minimum atomic E-state index is -0.712. The molecule has 0 unspecified atom stereocenters. The number of anilines is 1. The van der Waals surface area contributed by atoms with Crippen LogP contribution in [0, 0.1) is 27.2 Å². The van der Waals surface area contributed by atoms with Crippen LogP contribution in [-0.2, 0) is 0 Å². The number of thiazole rings is 1. The van der Waals surface area contributed by atoms with Crippen molar-refractivity contribution in [3.63, 3.8) is 0 Å². The van der Waals surface area contributed by atoms with Crippen LogP contribution < -0.4 is 5.32 Å². The molecule has 2 aromatic carbocycles. The highest BCUT2D eigenvalue weighted by Gasteiger charge is 2.21. The number of nitrogens with one attached hydrogen (secondary N) is 1. The predicted octanol–water partition coefficient (Wildman–Crippen LogP) is 3.94. The number of rotatable bonds is 6.